The van der Waals surface area contributed by atoms with Crippen molar-refractivity contribution in [1.29, 1.82) is 0 Å². The molecule has 0 aliphatic rings. The topological polar surface area (TPSA) is 74.2 Å². The Morgan fingerprint density at radius 2 is 2.21 bits per heavy atom. The lowest BCUT2D eigenvalue weighted by molar-refractivity contribution is 0.0943. The molecule has 1 heterocycles. The molecule has 0 spiro atoms. The first-order valence-electron chi connectivity index (χ1n) is 6.67. The van der Waals surface area contributed by atoms with Crippen molar-refractivity contribution in [3.05, 3.63) is 11.3 Å². The number of hydrogen-bond donors (Lipinski definition) is 3. The van der Waals surface area contributed by atoms with E-state index in [4.69, 9.17) is 5.11 Å². The van der Waals surface area contributed by atoms with Crippen molar-refractivity contribution in [3.63, 3.8) is 0 Å². The molecule has 1 unspecified atom stereocenters. The second-order valence-electron chi connectivity index (χ2n) is 4.60. The van der Waals surface area contributed by atoms with Gasteiger partial charge in [0.1, 0.15) is 5.00 Å². The Morgan fingerprint density at radius 3 is 2.79 bits per heavy atom. The molecule has 108 valence electrons. The van der Waals surface area contributed by atoms with Crippen LogP contribution in [0.5, 0.6) is 0 Å². The number of carbonyl (C=O) groups excluding carboxylic acids is 1. The summed E-state index contributed by atoms with van der Waals surface area (Å²) in [6.45, 7) is 4.72. The van der Waals surface area contributed by atoms with E-state index in [-0.39, 0.29) is 12.5 Å². The lowest BCUT2D eigenvalue weighted by Crippen LogP contribution is -2.30. The van der Waals surface area contributed by atoms with Crippen molar-refractivity contribution in [1.82, 2.24) is 9.69 Å². The van der Waals surface area contributed by atoms with Gasteiger partial charge in [-0.2, -0.15) is 4.37 Å². The predicted octanol–water partition coefficient (Wildman–Crippen LogP) is 2.02. The van der Waals surface area contributed by atoms with Crippen molar-refractivity contribution < 1.29 is 9.90 Å². The number of aliphatic hydroxyl groups excluding tert-OH is 1. The lowest BCUT2D eigenvalue weighted by Gasteiger charge is -2.15. The van der Waals surface area contributed by atoms with E-state index in [0.717, 1.165) is 30.0 Å². The second-order valence-corrected chi connectivity index (χ2v) is 5.37. The Bertz CT molecular complexity index is 401. The third kappa shape index (κ3) is 4.47. The molecule has 0 aliphatic heterocycles. The summed E-state index contributed by atoms with van der Waals surface area (Å²) in [6.07, 6.45) is 2.80. The summed E-state index contributed by atoms with van der Waals surface area (Å²) < 4.78 is 4.19. The number of aliphatic hydroxyl groups is 1. The summed E-state index contributed by atoms with van der Waals surface area (Å²) >= 11 is 1.30. The van der Waals surface area contributed by atoms with Crippen LogP contribution >= 0.6 is 11.5 Å². The number of rotatable bonds is 8. The van der Waals surface area contributed by atoms with Crippen LogP contribution in [0.15, 0.2) is 0 Å². The van der Waals surface area contributed by atoms with Gasteiger partial charge in [0, 0.05) is 20.2 Å². The molecule has 19 heavy (non-hydrogen) atoms. The minimum Gasteiger partial charge on any atom is -0.396 e. The molecule has 0 aromatic carbocycles. The van der Waals surface area contributed by atoms with Crippen LogP contribution in [0.3, 0.4) is 0 Å². The number of hydrogen-bond acceptors (Lipinski definition) is 5. The van der Waals surface area contributed by atoms with Gasteiger partial charge >= 0.3 is 0 Å². The number of nitrogens with one attached hydrogen (secondary N) is 2. The molecule has 1 amide bonds. The number of amides is 1. The molecular formula is C13H23N3O2S. The van der Waals surface area contributed by atoms with Crippen molar-refractivity contribution in [2.24, 2.45) is 5.92 Å². The van der Waals surface area contributed by atoms with Crippen molar-refractivity contribution in [3.8, 4) is 0 Å². The van der Waals surface area contributed by atoms with Gasteiger partial charge in [-0.3, -0.25) is 4.79 Å². The number of aryl methyl sites for hydroxylation is 1. The Balaban J connectivity index is 2.61. The smallest absolute Gasteiger partial charge is 0.256 e. The van der Waals surface area contributed by atoms with Gasteiger partial charge in [-0.15, -0.1) is 0 Å². The number of aromatic nitrogens is 1. The second kappa shape index (κ2) is 8.12. The average molecular weight is 285 g/mol. The van der Waals surface area contributed by atoms with E-state index in [1.807, 2.05) is 6.92 Å². The van der Waals surface area contributed by atoms with Crippen LogP contribution in [0, 0.1) is 12.8 Å². The van der Waals surface area contributed by atoms with E-state index < -0.39 is 0 Å². The van der Waals surface area contributed by atoms with Crippen molar-refractivity contribution in [2.45, 2.75) is 33.1 Å². The van der Waals surface area contributed by atoms with Crippen molar-refractivity contribution in [2.75, 3.05) is 25.5 Å². The Morgan fingerprint density at radius 1 is 1.47 bits per heavy atom. The van der Waals surface area contributed by atoms with Crippen LogP contribution in [0.25, 0.3) is 0 Å². The zero-order valence-electron chi connectivity index (χ0n) is 11.8. The molecule has 5 nitrogen and oxygen atoms in total. The molecule has 0 radical (unpaired) electrons. The van der Waals surface area contributed by atoms with Gasteiger partial charge in [0.05, 0.1) is 11.3 Å². The zero-order valence-corrected chi connectivity index (χ0v) is 12.6. The number of anilines is 1. The fraction of sp³-hybridized carbons (Fsp3) is 0.692. The van der Waals surface area contributed by atoms with E-state index in [0.29, 0.717) is 18.0 Å². The van der Waals surface area contributed by atoms with Gasteiger partial charge in [0.15, 0.2) is 0 Å². The summed E-state index contributed by atoms with van der Waals surface area (Å²) in [7, 11) is 1.79. The van der Waals surface area contributed by atoms with Gasteiger partial charge in [0.2, 0.25) is 0 Å². The predicted molar refractivity (Wildman–Crippen MR) is 78.8 cm³/mol. The van der Waals surface area contributed by atoms with Gasteiger partial charge in [-0.1, -0.05) is 13.3 Å². The molecule has 0 aliphatic carbocycles. The Hall–Kier alpha value is -1.14. The van der Waals surface area contributed by atoms with E-state index >= 15 is 0 Å². The molecule has 1 rings (SSSR count). The molecule has 0 saturated heterocycles. The van der Waals surface area contributed by atoms with Gasteiger partial charge in [0.25, 0.3) is 5.91 Å². The lowest BCUT2D eigenvalue weighted by atomic mass is 10.00. The van der Waals surface area contributed by atoms with E-state index in [1.54, 1.807) is 7.05 Å². The molecule has 1 aromatic rings. The standard InChI is InChI=1S/C13H23N3O2S/c1-4-5-10(6-7-17)8-15-12(18)11-9(2)16-19-13(11)14-3/h10,14,17H,4-8H2,1-3H3,(H,15,18). The summed E-state index contributed by atoms with van der Waals surface area (Å²) in [6, 6.07) is 0. The quantitative estimate of drug-likeness (QED) is 0.683. The van der Waals surface area contributed by atoms with Crippen LogP contribution in [0.2, 0.25) is 0 Å². The first-order chi connectivity index (χ1) is 9.13. The first kappa shape index (κ1) is 15.9. The highest BCUT2D eigenvalue weighted by Crippen LogP contribution is 2.23. The normalized spacial score (nSPS) is 12.2. The highest BCUT2D eigenvalue weighted by atomic mass is 32.1. The molecule has 1 aromatic heterocycles. The molecule has 1 atom stereocenters. The maximum atomic E-state index is 12.2. The summed E-state index contributed by atoms with van der Waals surface area (Å²) in [5.74, 6) is 0.249. The van der Waals surface area contributed by atoms with Crippen LogP contribution in [-0.2, 0) is 0 Å². The zero-order chi connectivity index (χ0) is 14.3. The summed E-state index contributed by atoms with van der Waals surface area (Å²) in [5, 5.41) is 15.7. The summed E-state index contributed by atoms with van der Waals surface area (Å²) in [5.41, 5.74) is 1.38. The van der Waals surface area contributed by atoms with E-state index in [2.05, 4.69) is 21.9 Å². The number of nitrogens with zero attached hydrogens (tertiary/aromatic N) is 1. The molecular weight excluding hydrogens is 262 g/mol. The third-order valence-electron chi connectivity index (χ3n) is 3.10. The largest absolute Gasteiger partial charge is 0.396 e. The van der Waals surface area contributed by atoms with E-state index in [1.165, 1.54) is 11.5 Å². The van der Waals surface area contributed by atoms with Crippen LogP contribution in [0.1, 0.15) is 42.2 Å². The third-order valence-corrected chi connectivity index (χ3v) is 4.06. The molecule has 0 saturated carbocycles. The monoisotopic (exact) mass is 285 g/mol. The Kier molecular flexibility index (Phi) is 6.80. The number of carbonyl (C=O) groups is 1. The Labute approximate surface area is 118 Å². The fourth-order valence-electron chi connectivity index (χ4n) is 2.07. The van der Waals surface area contributed by atoms with E-state index in [9.17, 15) is 4.79 Å². The first-order valence-corrected chi connectivity index (χ1v) is 7.44. The molecule has 3 N–H and O–H groups in total. The highest BCUT2D eigenvalue weighted by molar-refractivity contribution is 7.10. The summed E-state index contributed by atoms with van der Waals surface area (Å²) in [4.78, 5) is 12.2. The maximum absolute atomic E-state index is 12.2. The average Bonchev–Trinajstić information content (AvgIpc) is 2.77. The SMILES string of the molecule is CCCC(CCO)CNC(=O)c1c(C)nsc1NC. The van der Waals surface area contributed by atoms with Gasteiger partial charge in [-0.05, 0) is 37.2 Å². The highest BCUT2D eigenvalue weighted by Gasteiger charge is 2.18. The minimum absolute atomic E-state index is 0.0883. The fourth-order valence-corrected chi connectivity index (χ4v) is 2.81. The van der Waals surface area contributed by atoms with Gasteiger partial charge < -0.3 is 15.7 Å². The van der Waals surface area contributed by atoms with Gasteiger partial charge in [-0.25, -0.2) is 0 Å². The van der Waals surface area contributed by atoms with Crippen LogP contribution in [-0.4, -0.2) is 35.6 Å². The van der Waals surface area contributed by atoms with Crippen LogP contribution < -0.4 is 10.6 Å². The maximum Gasteiger partial charge on any atom is 0.256 e. The van der Waals surface area contributed by atoms with Crippen LogP contribution in [0.4, 0.5) is 5.00 Å². The molecule has 0 fully saturated rings. The molecule has 0 bridgehead atoms. The minimum atomic E-state index is -0.0883. The van der Waals surface area contributed by atoms with Crippen molar-refractivity contribution >= 4 is 22.4 Å². The molecule has 6 heteroatoms.